The van der Waals surface area contributed by atoms with Gasteiger partial charge >= 0.3 is 0 Å². The normalized spacial score (nSPS) is 10.2. The number of nitrogens with zero attached hydrogens (tertiary/aromatic N) is 2. The Labute approximate surface area is 129 Å². The molecule has 0 unspecified atom stereocenters. The Morgan fingerprint density at radius 1 is 1.33 bits per heavy atom. The zero-order chi connectivity index (χ0) is 15.6. The first-order valence-electron chi connectivity index (χ1n) is 5.76. The summed E-state index contributed by atoms with van der Waals surface area (Å²) in [5.41, 5.74) is 0.809. The number of aromatic nitrogens is 1. The second-order valence-electron chi connectivity index (χ2n) is 4.19. The van der Waals surface area contributed by atoms with Crippen molar-refractivity contribution in [2.24, 2.45) is 0 Å². The molecule has 21 heavy (non-hydrogen) atoms. The minimum Gasteiger partial charge on any atom is -0.320 e. The van der Waals surface area contributed by atoms with Crippen molar-refractivity contribution in [3.63, 3.8) is 0 Å². The van der Waals surface area contributed by atoms with E-state index in [0.29, 0.717) is 16.3 Å². The Morgan fingerprint density at radius 2 is 2.05 bits per heavy atom. The molecule has 1 amide bonds. The van der Waals surface area contributed by atoms with Crippen LogP contribution in [0.15, 0.2) is 30.5 Å². The molecule has 0 spiro atoms. The van der Waals surface area contributed by atoms with Gasteiger partial charge in [-0.15, -0.1) is 0 Å². The highest BCUT2D eigenvalue weighted by Crippen LogP contribution is 2.30. The summed E-state index contributed by atoms with van der Waals surface area (Å²) in [7, 11) is 0. The van der Waals surface area contributed by atoms with Crippen LogP contribution in [-0.2, 0) is 0 Å². The quantitative estimate of drug-likeness (QED) is 0.685. The van der Waals surface area contributed by atoms with E-state index in [4.69, 9.17) is 23.2 Å². The van der Waals surface area contributed by atoms with Gasteiger partial charge in [0.15, 0.2) is 0 Å². The number of nitro benzene ring substituents is 1. The molecule has 0 fully saturated rings. The van der Waals surface area contributed by atoms with Gasteiger partial charge in [-0.2, -0.15) is 0 Å². The number of hydrogen-bond acceptors (Lipinski definition) is 4. The summed E-state index contributed by atoms with van der Waals surface area (Å²) in [5.74, 6) is -0.481. The molecule has 1 N–H and O–H groups in total. The zero-order valence-corrected chi connectivity index (χ0v) is 12.3. The van der Waals surface area contributed by atoms with Gasteiger partial charge in [-0.1, -0.05) is 23.2 Å². The Bertz CT molecular complexity index is 735. The van der Waals surface area contributed by atoms with Gasteiger partial charge in [0, 0.05) is 23.0 Å². The van der Waals surface area contributed by atoms with E-state index in [1.54, 1.807) is 13.0 Å². The third-order valence-corrected chi connectivity index (χ3v) is 3.23. The molecular formula is C13H9Cl2N3O3. The fourth-order valence-corrected chi connectivity index (χ4v) is 2.05. The summed E-state index contributed by atoms with van der Waals surface area (Å²) >= 11 is 11.6. The Balaban J connectivity index is 2.30. The second-order valence-corrected chi connectivity index (χ2v) is 5.03. The number of amides is 1. The molecule has 8 heteroatoms. The number of pyridine rings is 1. The van der Waals surface area contributed by atoms with Crippen LogP contribution in [0.4, 0.5) is 11.4 Å². The summed E-state index contributed by atoms with van der Waals surface area (Å²) in [6, 6.07) is 5.59. The molecule has 0 saturated heterocycles. The lowest BCUT2D eigenvalue weighted by atomic mass is 10.1. The fraction of sp³-hybridized carbons (Fsp3) is 0.0769. The number of benzene rings is 1. The first-order valence-corrected chi connectivity index (χ1v) is 6.51. The predicted molar refractivity (Wildman–Crippen MR) is 80.0 cm³/mol. The van der Waals surface area contributed by atoms with Crippen molar-refractivity contribution in [3.05, 3.63) is 61.9 Å². The van der Waals surface area contributed by atoms with Gasteiger partial charge in [-0.3, -0.25) is 19.9 Å². The Morgan fingerprint density at radius 3 is 2.67 bits per heavy atom. The van der Waals surface area contributed by atoms with Crippen molar-refractivity contribution < 1.29 is 9.72 Å². The average Bonchev–Trinajstić information content (AvgIpc) is 2.42. The van der Waals surface area contributed by atoms with Crippen LogP contribution >= 0.6 is 23.2 Å². The number of anilines is 1. The lowest BCUT2D eigenvalue weighted by Gasteiger charge is -2.09. The molecule has 1 aromatic carbocycles. The number of carbonyl (C=O) groups is 1. The van der Waals surface area contributed by atoms with Crippen molar-refractivity contribution in [1.82, 2.24) is 4.98 Å². The first kappa shape index (κ1) is 15.2. The number of carbonyl (C=O) groups excluding carboxylic acids is 1. The lowest BCUT2D eigenvalue weighted by Crippen LogP contribution is -2.14. The van der Waals surface area contributed by atoms with Crippen LogP contribution in [0.5, 0.6) is 0 Å². The van der Waals surface area contributed by atoms with Crippen LogP contribution in [0.1, 0.15) is 16.1 Å². The van der Waals surface area contributed by atoms with Crippen LogP contribution in [0.2, 0.25) is 10.0 Å². The highest BCUT2D eigenvalue weighted by Gasteiger charge is 2.17. The molecule has 0 aliphatic heterocycles. The van der Waals surface area contributed by atoms with Gasteiger partial charge < -0.3 is 5.32 Å². The topological polar surface area (TPSA) is 85.1 Å². The standard InChI is InChI=1S/C13H9Cl2N3O3/c1-7-4-12(18(20)21)9(15)6-10(7)17-13(19)11-5-8(14)2-3-16-11/h2-6H,1H3,(H,17,19). The molecule has 0 aliphatic carbocycles. The number of halogens is 2. The van der Waals surface area contributed by atoms with E-state index < -0.39 is 10.8 Å². The Hall–Kier alpha value is -2.18. The lowest BCUT2D eigenvalue weighted by molar-refractivity contribution is -0.384. The van der Waals surface area contributed by atoms with Crippen LogP contribution in [-0.4, -0.2) is 15.8 Å². The van der Waals surface area contributed by atoms with Crippen LogP contribution in [0.3, 0.4) is 0 Å². The van der Waals surface area contributed by atoms with E-state index in [-0.39, 0.29) is 16.4 Å². The largest absolute Gasteiger partial charge is 0.320 e. The summed E-state index contributed by atoms with van der Waals surface area (Å²) in [4.78, 5) is 26.1. The third-order valence-electron chi connectivity index (χ3n) is 2.69. The highest BCUT2D eigenvalue weighted by molar-refractivity contribution is 6.33. The van der Waals surface area contributed by atoms with Crippen molar-refractivity contribution in [2.75, 3.05) is 5.32 Å². The number of rotatable bonds is 3. The smallest absolute Gasteiger partial charge is 0.288 e. The van der Waals surface area contributed by atoms with Crippen LogP contribution < -0.4 is 5.32 Å². The number of hydrogen-bond donors (Lipinski definition) is 1. The number of aryl methyl sites for hydroxylation is 1. The van der Waals surface area contributed by atoms with Crippen LogP contribution in [0, 0.1) is 17.0 Å². The fourth-order valence-electron chi connectivity index (χ4n) is 1.66. The van der Waals surface area contributed by atoms with Crippen LogP contribution in [0.25, 0.3) is 0 Å². The maximum Gasteiger partial charge on any atom is 0.288 e. The second kappa shape index (κ2) is 6.07. The Kier molecular flexibility index (Phi) is 4.40. The van der Waals surface area contributed by atoms with Gasteiger partial charge in [-0.05, 0) is 30.7 Å². The van der Waals surface area contributed by atoms with E-state index in [1.165, 1.54) is 24.4 Å². The van der Waals surface area contributed by atoms with E-state index in [1.807, 2.05) is 0 Å². The van der Waals surface area contributed by atoms with E-state index in [9.17, 15) is 14.9 Å². The number of nitrogens with one attached hydrogen (secondary N) is 1. The molecule has 1 aromatic heterocycles. The molecular weight excluding hydrogens is 317 g/mol. The van der Waals surface area contributed by atoms with Gasteiger partial charge in [-0.25, -0.2) is 0 Å². The molecule has 6 nitrogen and oxygen atoms in total. The molecule has 1 heterocycles. The van der Waals surface area contributed by atoms with Crippen molar-refractivity contribution >= 4 is 40.5 Å². The molecule has 0 radical (unpaired) electrons. The van der Waals surface area contributed by atoms with Crippen molar-refractivity contribution in [3.8, 4) is 0 Å². The molecule has 0 bridgehead atoms. The highest BCUT2D eigenvalue weighted by atomic mass is 35.5. The molecule has 108 valence electrons. The van der Waals surface area contributed by atoms with Crippen molar-refractivity contribution in [2.45, 2.75) is 6.92 Å². The predicted octanol–water partition coefficient (Wildman–Crippen LogP) is 3.86. The summed E-state index contributed by atoms with van der Waals surface area (Å²) in [5, 5.41) is 13.7. The maximum atomic E-state index is 12.0. The SMILES string of the molecule is Cc1cc([N+](=O)[O-])c(Cl)cc1NC(=O)c1cc(Cl)ccn1. The third kappa shape index (κ3) is 3.48. The van der Waals surface area contributed by atoms with Crippen molar-refractivity contribution in [1.29, 1.82) is 0 Å². The van der Waals surface area contributed by atoms with E-state index in [2.05, 4.69) is 10.3 Å². The van der Waals surface area contributed by atoms with E-state index >= 15 is 0 Å². The summed E-state index contributed by atoms with van der Waals surface area (Å²) < 4.78 is 0. The van der Waals surface area contributed by atoms with Gasteiger partial charge in [0.05, 0.1) is 4.92 Å². The average molecular weight is 326 g/mol. The first-order chi connectivity index (χ1) is 9.88. The number of nitro groups is 1. The minimum absolute atomic E-state index is 0.0556. The van der Waals surface area contributed by atoms with Gasteiger partial charge in [0.1, 0.15) is 10.7 Å². The summed E-state index contributed by atoms with van der Waals surface area (Å²) in [6.07, 6.45) is 1.41. The summed E-state index contributed by atoms with van der Waals surface area (Å²) in [6.45, 7) is 1.63. The van der Waals surface area contributed by atoms with E-state index in [0.717, 1.165) is 0 Å². The van der Waals surface area contributed by atoms with Gasteiger partial charge in [0.2, 0.25) is 0 Å². The maximum absolute atomic E-state index is 12.0. The molecule has 0 aliphatic rings. The molecule has 0 saturated carbocycles. The molecule has 2 aromatic rings. The monoisotopic (exact) mass is 325 g/mol. The zero-order valence-electron chi connectivity index (χ0n) is 10.8. The minimum atomic E-state index is -0.584. The molecule has 2 rings (SSSR count). The van der Waals surface area contributed by atoms with Gasteiger partial charge in [0.25, 0.3) is 11.6 Å². The molecule has 0 atom stereocenters.